The Morgan fingerprint density at radius 2 is 1.82 bits per heavy atom. The van der Waals surface area contributed by atoms with Crippen LogP contribution in [0.25, 0.3) is 20.9 Å². The summed E-state index contributed by atoms with van der Waals surface area (Å²) in [7, 11) is -0.174. The molecule has 28 heavy (non-hydrogen) atoms. The summed E-state index contributed by atoms with van der Waals surface area (Å²) in [5.41, 5.74) is 1.50. The Kier molecular flexibility index (Phi) is 9.69. The van der Waals surface area contributed by atoms with Gasteiger partial charge in [0, 0.05) is 12.7 Å². The van der Waals surface area contributed by atoms with Gasteiger partial charge in [0.2, 0.25) is 0 Å². The van der Waals surface area contributed by atoms with E-state index in [4.69, 9.17) is 0 Å². The molecule has 0 fully saturated rings. The lowest BCUT2D eigenvalue weighted by atomic mass is 10.2. The van der Waals surface area contributed by atoms with Gasteiger partial charge in [0.15, 0.2) is 0 Å². The molecule has 0 spiro atoms. The zero-order valence-corrected chi connectivity index (χ0v) is 19.7. The van der Waals surface area contributed by atoms with Crippen LogP contribution in [0.15, 0.2) is 30.5 Å². The normalized spacial score (nSPS) is 11.2. The first-order valence-electron chi connectivity index (χ1n) is 9.57. The van der Waals surface area contributed by atoms with Crippen molar-refractivity contribution in [2.24, 2.45) is 0 Å². The molecular weight excluding hydrogens is 390 g/mol. The van der Waals surface area contributed by atoms with E-state index in [1.807, 2.05) is 45.0 Å². The minimum Gasteiger partial charge on any atom is -0.478 e. The van der Waals surface area contributed by atoms with Crippen LogP contribution >= 0.6 is 21.4 Å². The second kappa shape index (κ2) is 11.2. The third-order valence-corrected chi connectivity index (χ3v) is 6.31. The van der Waals surface area contributed by atoms with Gasteiger partial charge in [-0.05, 0) is 50.0 Å². The van der Waals surface area contributed by atoms with Gasteiger partial charge in [0.05, 0.1) is 10.2 Å². The lowest BCUT2D eigenvalue weighted by molar-refractivity contribution is 0.0697. The molecule has 0 atom stereocenters. The molecule has 0 amide bonds. The lowest BCUT2D eigenvalue weighted by Crippen LogP contribution is -1.96. The first kappa shape index (κ1) is 24.2. The number of thiazole rings is 1. The van der Waals surface area contributed by atoms with E-state index < -0.39 is 5.97 Å². The van der Waals surface area contributed by atoms with E-state index in [1.165, 1.54) is 23.5 Å². The van der Waals surface area contributed by atoms with E-state index in [9.17, 15) is 9.90 Å². The Labute approximate surface area is 174 Å². The predicted octanol–water partition coefficient (Wildman–Crippen LogP) is 5.99. The van der Waals surface area contributed by atoms with Crippen molar-refractivity contribution >= 4 is 37.6 Å². The van der Waals surface area contributed by atoms with Crippen LogP contribution in [0.3, 0.4) is 0 Å². The smallest absolute Gasteiger partial charge is 0.339 e. The monoisotopic (exact) mass is 423 g/mol. The highest BCUT2D eigenvalue weighted by Crippen LogP contribution is 2.34. The second-order valence-electron chi connectivity index (χ2n) is 6.83. The van der Waals surface area contributed by atoms with Crippen molar-refractivity contribution in [3.8, 4) is 10.7 Å². The second-order valence-corrected chi connectivity index (χ2v) is 12.5. The summed E-state index contributed by atoms with van der Waals surface area (Å²) in [5.74, 6) is 0.446. The molecule has 0 unspecified atom stereocenters. The van der Waals surface area contributed by atoms with E-state index in [0.717, 1.165) is 10.2 Å². The minimum absolute atomic E-state index is 0.174. The van der Waals surface area contributed by atoms with Gasteiger partial charge in [-0.3, -0.25) is 4.68 Å². The molecule has 0 aliphatic heterocycles. The third-order valence-electron chi connectivity index (χ3n) is 3.63. The molecule has 0 aliphatic rings. The molecule has 1 aromatic carbocycles. The number of carboxylic acid groups (broad SMARTS) is 1. The van der Waals surface area contributed by atoms with Crippen LogP contribution in [0, 0.1) is 0 Å². The number of carbonyl (C=O) groups is 1. The van der Waals surface area contributed by atoms with E-state index in [-0.39, 0.29) is 15.6 Å². The molecule has 2 aromatic heterocycles. The van der Waals surface area contributed by atoms with E-state index in [0.29, 0.717) is 17.2 Å². The van der Waals surface area contributed by atoms with E-state index >= 15 is 0 Å². The predicted molar refractivity (Wildman–Crippen MR) is 125 cm³/mol. The Morgan fingerprint density at radius 3 is 2.29 bits per heavy atom. The highest BCUT2D eigenvalue weighted by Gasteiger charge is 2.19. The van der Waals surface area contributed by atoms with Gasteiger partial charge >= 0.3 is 5.97 Å². The fourth-order valence-electron chi connectivity index (χ4n) is 2.48. The largest absolute Gasteiger partial charge is 0.478 e. The Hall–Kier alpha value is -1.86. The highest BCUT2D eigenvalue weighted by molar-refractivity contribution is 8.32. The zero-order chi connectivity index (χ0) is 21.3. The van der Waals surface area contributed by atoms with Gasteiger partial charge in [0.1, 0.15) is 16.3 Å². The molecule has 0 saturated heterocycles. The fourth-order valence-corrected chi connectivity index (χ4v) is 4.67. The summed E-state index contributed by atoms with van der Waals surface area (Å²) < 4.78 is 2.64. The standard InChI is InChI=1S/C13H11N3O2S.C6H16S.C2H6/c1-2-16-7-8(13(17)18)11(15-16)12-14-9-5-3-4-6-10(9)19-12;1-5-6-7(2,3)4;1-2/h3-7H,2H2,1H3,(H,17,18);5-6H2,1-4H3;1-2H3. The number of hydrogen-bond acceptors (Lipinski definition) is 4. The van der Waals surface area contributed by atoms with Crippen molar-refractivity contribution in [2.75, 3.05) is 24.5 Å². The number of carboxylic acids is 1. The van der Waals surface area contributed by atoms with E-state index in [1.54, 1.807) is 10.9 Å². The number of rotatable bonds is 5. The molecule has 156 valence electrons. The van der Waals surface area contributed by atoms with Crippen LogP contribution in [0.2, 0.25) is 0 Å². The Balaban J connectivity index is 0.000000372. The van der Waals surface area contributed by atoms with Crippen LogP contribution in [-0.2, 0) is 6.54 Å². The number of benzene rings is 1. The fraction of sp³-hybridized carbons (Fsp3) is 0.476. The van der Waals surface area contributed by atoms with Gasteiger partial charge in [-0.1, -0.05) is 32.9 Å². The van der Waals surface area contributed by atoms with Crippen molar-refractivity contribution in [2.45, 2.75) is 40.7 Å². The molecule has 1 N–H and O–H groups in total. The van der Waals surface area contributed by atoms with E-state index in [2.05, 4.69) is 35.8 Å². The van der Waals surface area contributed by atoms with Crippen molar-refractivity contribution in [1.82, 2.24) is 14.8 Å². The van der Waals surface area contributed by atoms with Gasteiger partial charge in [-0.2, -0.15) is 5.10 Å². The van der Waals surface area contributed by atoms with Crippen LogP contribution in [0.5, 0.6) is 0 Å². The first-order chi connectivity index (χ1) is 13.2. The maximum Gasteiger partial charge on any atom is 0.339 e. The number of aromatic nitrogens is 3. The van der Waals surface area contributed by atoms with Gasteiger partial charge in [-0.15, -0.1) is 11.3 Å². The zero-order valence-electron chi connectivity index (χ0n) is 18.0. The molecule has 3 rings (SSSR count). The van der Waals surface area contributed by atoms with Crippen LogP contribution in [0.1, 0.15) is 44.5 Å². The number of aromatic carboxylic acids is 1. The Morgan fingerprint density at radius 1 is 1.18 bits per heavy atom. The lowest BCUT2D eigenvalue weighted by Gasteiger charge is -2.23. The SMILES string of the molecule is CC.CCCS(C)(C)C.CCn1cc(C(=O)O)c(-c2nc3ccccc3s2)n1. The third kappa shape index (κ3) is 6.95. The van der Waals surface area contributed by atoms with Crippen molar-refractivity contribution < 1.29 is 9.90 Å². The van der Waals surface area contributed by atoms with Crippen molar-refractivity contribution in [3.63, 3.8) is 0 Å². The van der Waals surface area contributed by atoms with Crippen molar-refractivity contribution in [3.05, 3.63) is 36.0 Å². The molecular formula is C21H33N3O2S2. The maximum absolute atomic E-state index is 11.3. The van der Waals surface area contributed by atoms with Crippen LogP contribution in [-0.4, -0.2) is 50.4 Å². The molecule has 0 radical (unpaired) electrons. The number of hydrogen-bond donors (Lipinski definition) is 1. The summed E-state index contributed by atoms with van der Waals surface area (Å²) in [6.07, 6.45) is 9.96. The van der Waals surface area contributed by atoms with Gasteiger partial charge < -0.3 is 5.11 Å². The quantitative estimate of drug-likeness (QED) is 0.547. The molecule has 7 heteroatoms. The molecule has 2 heterocycles. The Bertz CT molecular complexity index is 846. The topological polar surface area (TPSA) is 68.0 Å². The molecule has 5 nitrogen and oxygen atoms in total. The number of fused-ring (bicyclic) bond motifs is 1. The summed E-state index contributed by atoms with van der Waals surface area (Å²) in [6.45, 7) is 8.80. The summed E-state index contributed by atoms with van der Waals surface area (Å²) in [4.78, 5) is 15.7. The number of para-hydroxylation sites is 1. The average molecular weight is 424 g/mol. The molecule has 0 bridgehead atoms. The summed E-state index contributed by atoms with van der Waals surface area (Å²) in [6, 6.07) is 7.72. The number of aryl methyl sites for hydroxylation is 1. The summed E-state index contributed by atoms with van der Waals surface area (Å²) >= 11 is 1.46. The average Bonchev–Trinajstić information content (AvgIpc) is 3.26. The van der Waals surface area contributed by atoms with Crippen LogP contribution < -0.4 is 0 Å². The molecule has 0 saturated carbocycles. The molecule has 0 aliphatic carbocycles. The van der Waals surface area contributed by atoms with Crippen molar-refractivity contribution in [1.29, 1.82) is 0 Å². The minimum atomic E-state index is -0.978. The number of nitrogens with zero attached hydrogens (tertiary/aromatic N) is 3. The summed E-state index contributed by atoms with van der Waals surface area (Å²) in [5, 5.41) is 14.2. The van der Waals surface area contributed by atoms with Crippen LogP contribution in [0.4, 0.5) is 0 Å². The maximum atomic E-state index is 11.3. The molecule has 3 aromatic rings. The van der Waals surface area contributed by atoms with Gasteiger partial charge in [-0.25, -0.2) is 19.8 Å². The first-order valence-corrected chi connectivity index (χ1v) is 13.4. The van der Waals surface area contributed by atoms with Gasteiger partial charge in [0.25, 0.3) is 0 Å². The highest BCUT2D eigenvalue weighted by atomic mass is 32.3.